The lowest BCUT2D eigenvalue weighted by atomic mass is 9.98. The molecule has 0 aliphatic carbocycles. The van der Waals surface area contributed by atoms with Crippen LogP contribution in [0.4, 0.5) is 0 Å². The number of methoxy groups -OCH3 is 2. The molecule has 0 aromatic heterocycles. The second-order valence-electron chi connectivity index (χ2n) is 8.17. The molecule has 1 aromatic carbocycles. The van der Waals surface area contributed by atoms with Gasteiger partial charge in [-0.1, -0.05) is 95.0 Å². The van der Waals surface area contributed by atoms with E-state index < -0.39 is 29.9 Å². The van der Waals surface area contributed by atoms with Crippen molar-refractivity contribution in [2.75, 3.05) is 14.2 Å². The number of ether oxygens (including phenoxy) is 4. The number of unbranched alkanes of at least 4 members (excludes halogenated alkanes) is 9. The lowest BCUT2D eigenvalue weighted by Gasteiger charge is -2.28. The van der Waals surface area contributed by atoms with Gasteiger partial charge in [0.2, 0.25) is 0 Å². The Morgan fingerprint density at radius 2 is 1.23 bits per heavy atom. The van der Waals surface area contributed by atoms with Crippen LogP contribution in [0.2, 0.25) is 0 Å². The van der Waals surface area contributed by atoms with Gasteiger partial charge in [0.1, 0.15) is 0 Å². The summed E-state index contributed by atoms with van der Waals surface area (Å²) in [6.45, 7) is 2.24. The summed E-state index contributed by atoms with van der Waals surface area (Å²) in [5.41, 5.74) is 0.784. The molecule has 1 heterocycles. The molecular formula is C25H38O6. The van der Waals surface area contributed by atoms with Gasteiger partial charge in [0.05, 0.1) is 14.2 Å². The Hall–Kier alpha value is -1.92. The SMILES string of the molecule is CCCCCCCCCCCCC1(c2ccccc2)OC(C(=O)OC)C(C(=O)OC)O1. The minimum absolute atomic E-state index is 0.550. The van der Waals surface area contributed by atoms with Crippen molar-refractivity contribution in [3.8, 4) is 0 Å². The molecule has 6 nitrogen and oxygen atoms in total. The molecule has 1 saturated heterocycles. The van der Waals surface area contributed by atoms with E-state index in [0.29, 0.717) is 6.42 Å². The summed E-state index contributed by atoms with van der Waals surface area (Å²) >= 11 is 0. The fourth-order valence-electron chi connectivity index (χ4n) is 4.07. The topological polar surface area (TPSA) is 71.1 Å². The normalized spacial score (nSPS) is 22.9. The predicted octanol–water partition coefficient (Wildman–Crippen LogP) is 5.28. The van der Waals surface area contributed by atoms with E-state index in [1.54, 1.807) is 0 Å². The van der Waals surface area contributed by atoms with Crippen molar-refractivity contribution in [3.05, 3.63) is 35.9 Å². The van der Waals surface area contributed by atoms with Crippen LogP contribution in [0.1, 0.15) is 83.1 Å². The number of hydrogen-bond donors (Lipinski definition) is 0. The summed E-state index contributed by atoms with van der Waals surface area (Å²) in [6, 6.07) is 9.47. The highest BCUT2D eigenvalue weighted by Crippen LogP contribution is 2.42. The molecule has 0 amide bonds. The van der Waals surface area contributed by atoms with Crippen LogP contribution in [-0.4, -0.2) is 38.4 Å². The third kappa shape index (κ3) is 7.32. The number of rotatable bonds is 14. The molecular weight excluding hydrogens is 396 g/mol. The fraction of sp³-hybridized carbons (Fsp3) is 0.680. The van der Waals surface area contributed by atoms with Crippen molar-refractivity contribution in [2.24, 2.45) is 0 Å². The van der Waals surface area contributed by atoms with Crippen molar-refractivity contribution in [3.63, 3.8) is 0 Å². The van der Waals surface area contributed by atoms with Crippen LogP contribution in [-0.2, 0) is 34.3 Å². The van der Waals surface area contributed by atoms with Crippen LogP contribution >= 0.6 is 0 Å². The van der Waals surface area contributed by atoms with E-state index in [1.807, 2.05) is 30.3 Å². The lowest BCUT2D eigenvalue weighted by Crippen LogP contribution is -2.38. The maximum absolute atomic E-state index is 12.3. The molecule has 0 spiro atoms. The van der Waals surface area contributed by atoms with Crippen molar-refractivity contribution in [1.29, 1.82) is 0 Å². The van der Waals surface area contributed by atoms with Gasteiger partial charge in [-0.15, -0.1) is 0 Å². The molecule has 0 radical (unpaired) electrons. The van der Waals surface area contributed by atoms with Crippen LogP contribution in [0, 0.1) is 0 Å². The second-order valence-corrected chi connectivity index (χ2v) is 8.17. The van der Waals surface area contributed by atoms with E-state index in [9.17, 15) is 9.59 Å². The highest BCUT2D eigenvalue weighted by atomic mass is 16.8. The standard InChI is InChI=1S/C25H38O6/c1-4-5-6-7-8-9-10-11-12-16-19-25(20-17-14-13-15-18-20)30-21(23(26)28-2)22(31-25)24(27)29-3/h13-15,17-18,21-22H,4-12,16,19H2,1-3H3. The molecule has 0 N–H and O–H groups in total. The average molecular weight is 435 g/mol. The predicted molar refractivity (Wildman–Crippen MR) is 118 cm³/mol. The second kappa shape index (κ2) is 13.5. The van der Waals surface area contributed by atoms with Crippen LogP contribution in [0.3, 0.4) is 0 Å². The first-order valence-corrected chi connectivity index (χ1v) is 11.6. The number of esters is 2. The van der Waals surface area contributed by atoms with Crippen molar-refractivity contribution < 1.29 is 28.5 Å². The quantitative estimate of drug-likeness (QED) is 0.293. The van der Waals surface area contributed by atoms with Crippen LogP contribution in [0.25, 0.3) is 0 Å². The van der Waals surface area contributed by atoms with E-state index in [4.69, 9.17) is 18.9 Å². The summed E-state index contributed by atoms with van der Waals surface area (Å²) in [5.74, 6) is -2.45. The van der Waals surface area contributed by atoms with Gasteiger partial charge in [0, 0.05) is 12.0 Å². The van der Waals surface area contributed by atoms with E-state index in [1.165, 1.54) is 59.2 Å². The zero-order valence-corrected chi connectivity index (χ0v) is 19.3. The van der Waals surface area contributed by atoms with E-state index in [2.05, 4.69) is 6.92 Å². The largest absolute Gasteiger partial charge is 0.467 e. The molecule has 0 bridgehead atoms. The van der Waals surface area contributed by atoms with Crippen molar-refractivity contribution in [1.82, 2.24) is 0 Å². The molecule has 2 unspecified atom stereocenters. The van der Waals surface area contributed by atoms with Crippen molar-refractivity contribution >= 4 is 11.9 Å². The number of benzene rings is 1. The van der Waals surface area contributed by atoms with E-state index in [0.717, 1.165) is 24.8 Å². The Morgan fingerprint density at radius 1 is 0.774 bits per heavy atom. The van der Waals surface area contributed by atoms with Gasteiger partial charge in [-0.3, -0.25) is 0 Å². The molecule has 2 atom stereocenters. The summed E-state index contributed by atoms with van der Waals surface area (Å²) in [5, 5.41) is 0. The maximum Gasteiger partial charge on any atom is 0.338 e. The third-order valence-electron chi connectivity index (χ3n) is 5.85. The van der Waals surface area contributed by atoms with E-state index >= 15 is 0 Å². The molecule has 1 fully saturated rings. The Kier molecular flexibility index (Phi) is 11.0. The molecule has 0 saturated carbocycles. The highest BCUT2D eigenvalue weighted by Gasteiger charge is 2.55. The molecule has 2 rings (SSSR count). The molecule has 174 valence electrons. The van der Waals surface area contributed by atoms with Crippen molar-refractivity contribution in [2.45, 2.75) is 95.5 Å². The minimum Gasteiger partial charge on any atom is -0.467 e. The fourth-order valence-corrected chi connectivity index (χ4v) is 4.07. The van der Waals surface area contributed by atoms with Gasteiger partial charge < -0.3 is 18.9 Å². The van der Waals surface area contributed by atoms with E-state index in [-0.39, 0.29) is 0 Å². The molecule has 1 aliphatic rings. The zero-order chi connectivity index (χ0) is 22.5. The Balaban J connectivity index is 1.96. The van der Waals surface area contributed by atoms with Crippen LogP contribution in [0.5, 0.6) is 0 Å². The summed E-state index contributed by atoms with van der Waals surface area (Å²) < 4.78 is 21.9. The first-order valence-electron chi connectivity index (χ1n) is 11.6. The summed E-state index contributed by atoms with van der Waals surface area (Å²) in [4.78, 5) is 24.5. The summed E-state index contributed by atoms with van der Waals surface area (Å²) in [6.07, 6.45) is 10.4. The van der Waals surface area contributed by atoms with Crippen LogP contribution in [0.15, 0.2) is 30.3 Å². The van der Waals surface area contributed by atoms with Gasteiger partial charge in [0.15, 0.2) is 18.0 Å². The smallest absolute Gasteiger partial charge is 0.338 e. The monoisotopic (exact) mass is 434 g/mol. The minimum atomic E-state index is -1.17. The zero-order valence-electron chi connectivity index (χ0n) is 19.3. The van der Waals surface area contributed by atoms with Gasteiger partial charge in [-0.2, -0.15) is 0 Å². The molecule has 6 heteroatoms. The maximum atomic E-state index is 12.3. The van der Waals surface area contributed by atoms with Gasteiger partial charge in [-0.05, 0) is 6.42 Å². The first-order chi connectivity index (χ1) is 15.1. The molecule has 1 aromatic rings. The number of carbonyl (C=O) groups excluding carboxylic acids is 2. The molecule has 1 aliphatic heterocycles. The van der Waals surface area contributed by atoms with Gasteiger partial charge >= 0.3 is 11.9 Å². The third-order valence-corrected chi connectivity index (χ3v) is 5.85. The van der Waals surface area contributed by atoms with Gasteiger partial charge in [-0.25, -0.2) is 9.59 Å². The average Bonchev–Trinajstić information content (AvgIpc) is 3.21. The van der Waals surface area contributed by atoms with Crippen LogP contribution < -0.4 is 0 Å². The Morgan fingerprint density at radius 3 is 1.68 bits per heavy atom. The van der Waals surface area contributed by atoms with Gasteiger partial charge in [0.25, 0.3) is 0 Å². The Bertz CT molecular complexity index is 635. The highest BCUT2D eigenvalue weighted by molar-refractivity contribution is 5.86. The summed E-state index contributed by atoms with van der Waals surface area (Å²) in [7, 11) is 2.54. The molecule has 31 heavy (non-hydrogen) atoms. The number of hydrogen-bond acceptors (Lipinski definition) is 6. The lowest BCUT2D eigenvalue weighted by molar-refractivity contribution is -0.199. The first kappa shape index (κ1) is 25.3. The Labute approximate surface area is 186 Å². The number of carbonyl (C=O) groups is 2.